The molecule has 0 saturated heterocycles. The molecule has 1 aromatic carbocycles. The van der Waals surface area contributed by atoms with Crippen LogP contribution in [0.2, 0.25) is 0 Å². The lowest BCUT2D eigenvalue weighted by molar-refractivity contribution is 0.372. The number of guanidine groups is 1. The van der Waals surface area contributed by atoms with E-state index < -0.39 is 10.0 Å². The van der Waals surface area contributed by atoms with Gasteiger partial charge in [-0.25, -0.2) is 18.5 Å². The number of nitrogens with two attached hydrogens (primary N) is 1. The molecule has 0 fully saturated rings. The standard InChI is InChI=1S/C20H31N5O3S/c1-4-16(5-2)19-13-17(28-25-19)14-24-20(22-6-3)23-12-11-15-7-9-18(10-8-15)29(21,26)27/h7-10,13,16H,4-6,11-12,14H2,1-3H3,(H2,21,26,27)(H2,22,23,24). The minimum absolute atomic E-state index is 0.115. The number of primary sulfonamides is 1. The number of aromatic nitrogens is 1. The van der Waals surface area contributed by atoms with Crippen LogP contribution in [0.4, 0.5) is 0 Å². The van der Waals surface area contributed by atoms with Gasteiger partial charge in [0, 0.05) is 25.1 Å². The first-order valence-corrected chi connectivity index (χ1v) is 11.5. The van der Waals surface area contributed by atoms with Gasteiger partial charge in [-0.3, -0.25) is 0 Å². The van der Waals surface area contributed by atoms with Crippen molar-refractivity contribution in [3.63, 3.8) is 0 Å². The molecule has 0 atom stereocenters. The molecule has 0 radical (unpaired) electrons. The summed E-state index contributed by atoms with van der Waals surface area (Å²) < 4.78 is 28.0. The molecule has 29 heavy (non-hydrogen) atoms. The molecule has 0 amide bonds. The van der Waals surface area contributed by atoms with Crippen LogP contribution < -0.4 is 15.8 Å². The van der Waals surface area contributed by atoms with Crippen molar-refractivity contribution in [1.29, 1.82) is 0 Å². The van der Waals surface area contributed by atoms with Crippen LogP contribution in [0.1, 0.15) is 56.5 Å². The number of sulfonamides is 1. The number of nitrogens with zero attached hydrogens (tertiary/aromatic N) is 2. The summed E-state index contributed by atoms with van der Waals surface area (Å²) in [5, 5.41) is 15.8. The Kier molecular flexibility index (Phi) is 8.66. The van der Waals surface area contributed by atoms with E-state index in [0.29, 0.717) is 25.0 Å². The highest BCUT2D eigenvalue weighted by Crippen LogP contribution is 2.22. The molecule has 2 rings (SSSR count). The van der Waals surface area contributed by atoms with Crippen LogP contribution in [-0.4, -0.2) is 32.6 Å². The fourth-order valence-electron chi connectivity index (χ4n) is 2.97. The lowest BCUT2D eigenvalue weighted by Gasteiger charge is -2.11. The summed E-state index contributed by atoms with van der Waals surface area (Å²) in [7, 11) is -3.66. The third-order valence-electron chi connectivity index (χ3n) is 4.68. The minimum atomic E-state index is -3.66. The first kappa shape index (κ1) is 22.9. The summed E-state index contributed by atoms with van der Waals surface area (Å²) in [5.74, 6) is 1.85. The van der Waals surface area contributed by atoms with Crippen molar-refractivity contribution in [2.24, 2.45) is 10.1 Å². The molecule has 0 bridgehead atoms. The van der Waals surface area contributed by atoms with E-state index in [1.165, 1.54) is 12.1 Å². The van der Waals surface area contributed by atoms with Gasteiger partial charge in [0.2, 0.25) is 10.0 Å². The molecular weight excluding hydrogens is 390 g/mol. The molecule has 0 aliphatic heterocycles. The molecule has 0 spiro atoms. The first-order valence-electron chi connectivity index (χ1n) is 9.96. The zero-order valence-electron chi connectivity index (χ0n) is 17.3. The van der Waals surface area contributed by atoms with Crippen LogP contribution in [0.25, 0.3) is 0 Å². The molecule has 8 nitrogen and oxygen atoms in total. The van der Waals surface area contributed by atoms with Crippen molar-refractivity contribution in [1.82, 2.24) is 15.8 Å². The van der Waals surface area contributed by atoms with E-state index in [-0.39, 0.29) is 4.90 Å². The normalized spacial score (nSPS) is 12.4. The maximum atomic E-state index is 11.3. The number of hydrogen-bond acceptors (Lipinski definition) is 5. The Morgan fingerprint density at radius 2 is 1.86 bits per heavy atom. The highest BCUT2D eigenvalue weighted by atomic mass is 32.2. The van der Waals surface area contributed by atoms with Crippen LogP contribution in [-0.2, 0) is 23.0 Å². The van der Waals surface area contributed by atoms with Gasteiger partial charge in [-0.2, -0.15) is 0 Å². The van der Waals surface area contributed by atoms with Crippen LogP contribution in [0.15, 0.2) is 44.7 Å². The van der Waals surface area contributed by atoms with E-state index in [2.05, 4.69) is 34.6 Å². The maximum absolute atomic E-state index is 11.3. The van der Waals surface area contributed by atoms with E-state index in [1.54, 1.807) is 12.1 Å². The van der Waals surface area contributed by atoms with Gasteiger partial charge >= 0.3 is 0 Å². The third-order valence-corrected chi connectivity index (χ3v) is 5.61. The van der Waals surface area contributed by atoms with Gasteiger partial charge in [0.25, 0.3) is 0 Å². The van der Waals surface area contributed by atoms with Crippen molar-refractivity contribution in [3.05, 3.63) is 47.3 Å². The Bertz CT molecular complexity index is 887. The number of nitrogens with one attached hydrogen (secondary N) is 2. The highest BCUT2D eigenvalue weighted by Gasteiger charge is 2.13. The smallest absolute Gasteiger partial charge is 0.238 e. The van der Waals surface area contributed by atoms with Crippen molar-refractivity contribution in [3.8, 4) is 0 Å². The second-order valence-electron chi connectivity index (χ2n) is 6.79. The topological polar surface area (TPSA) is 123 Å². The third kappa shape index (κ3) is 7.17. The number of aliphatic imine (C=N–C) groups is 1. The quantitative estimate of drug-likeness (QED) is 0.400. The summed E-state index contributed by atoms with van der Waals surface area (Å²) in [5.41, 5.74) is 1.99. The molecule has 0 aliphatic carbocycles. The molecule has 0 unspecified atom stereocenters. The van der Waals surface area contributed by atoms with Crippen molar-refractivity contribution >= 4 is 16.0 Å². The number of benzene rings is 1. The van der Waals surface area contributed by atoms with E-state index in [9.17, 15) is 8.42 Å². The summed E-state index contributed by atoms with van der Waals surface area (Å²) >= 11 is 0. The predicted octanol–water partition coefficient (Wildman–Crippen LogP) is 2.52. The van der Waals surface area contributed by atoms with E-state index in [1.807, 2.05) is 13.0 Å². The fourth-order valence-corrected chi connectivity index (χ4v) is 3.49. The summed E-state index contributed by atoms with van der Waals surface area (Å²) in [4.78, 5) is 4.67. The number of hydrogen-bond donors (Lipinski definition) is 3. The van der Waals surface area contributed by atoms with Gasteiger partial charge in [-0.15, -0.1) is 0 Å². The molecule has 0 saturated carbocycles. The molecule has 2 aromatic rings. The average molecular weight is 422 g/mol. The average Bonchev–Trinajstić information content (AvgIpc) is 3.15. The first-order chi connectivity index (χ1) is 13.9. The molecule has 9 heteroatoms. The summed E-state index contributed by atoms with van der Waals surface area (Å²) in [6, 6.07) is 8.55. The highest BCUT2D eigenvalue weighted by molar-refractivity contribution is 7.89. The Morgan fingerprint density at radius 1 is 1.17 bits per heavy atom. The molecule has 1 aromatic heterocycles. The van der Waals surface area contributed by atoms with Crippen LogP contribution in [0.5, 0.6) is 0 Å². The molecule has 0 aliphatic rings. The number of rotatable bonds is 10. The maximum Gasteiger partial charge on any atom is 0.238 e. The second-order valence-corrected chi connectivity index (χ2v) is 8.35. The predicted molar refractivity (Wildman–Crippen MR) is 114 cm³/mol. The van der Waals surface area contributed by atoms with Crippen molar-refractivity contribution in [2.45, 2.75) is 57.4 Å². The van der Waals surface area contributed by atoms with Gasteiger partial charge in [-0.1, -0.05) is 31.1 Å². The Balaban J connectivity index is 1.91. The fraction of sp³-hybridized carbons (Fsp3) is 0.500. The van der Waals surface area contributed by atoms with Crippen molar-refractivity contribution < 1.29 is 12.9 Å². The Hall–Kier alpha value is -2.39. The molecular formula is C20H31N5O3S. The van der Waals surface area contributed by atoms with Gasteiger partial charge in [0.15, 0.2) is 11.7 Å². The van der Waals surface area contributed by atoms with Crippen LogP contribution in [0, 0.1) is 0 Å². The summed E-state index contributed by atoms with van der Waals surface area (Å²) in [6.45, 7) is 8.10. The van der Waals surface area contributed by atoms with E-state index >= 15 is 0 Å². The Labute approximate surface area is 173 Å². The largest absolute Gasteiger partial charge is 0.359 e. The molecule has 160 valence electrons. The minimum Gasteiger partial charge on any atom is -0.359 e. The van der Waals surface area contributed by atoms with E-state index in [4.69, 9.17) is 9.66 Å². The van der Waals surface area contributed by atoms with Gasteiger partial charge < -0.3 is 15.2 Å². The monoisotopic (exact) mass is 421 g/mol. The van der Waals surface area contributed by atoms with Gasteiger partial charge in [-0.05, 0) is 43.9 Å². The molecule has 4 N–H and O–H groups in total. The lowest BCUT2D eigenvalue weighted by atomic mass is 9.99. The van der Waals surface area contributed by atoms with Crippen molar-refractivity contribution in [2.75, 3.05) is 13.1 Å². The summed E-state index contributed by atoms with van der Waals surface area (Å²) in [6.07, 6.45) is 2.79. The van der Waals surface area contributed by atoms with Crippen LogP contribution in [0.3, 0.4) is 0 Å². The molecule has 1 heterocycles. The van der Waals surface area contributed by atoms with Crippen LogP contribution >= 0.6 is 0 Å². The van der Waals surface area contributed by atoms with E-state index in [0.717, 1.165) is 42.8 Å². The van der Waals surface area contributed by atoms with Gasteiger partial charge in [0.05, 0.1) is 10.6 Å². The zero-order chi connectivity index (χ0) is 21.3. The second kappa shape index (κ2) is 11.0. The van der Waals surface area contributed by atoms with Gasteiger partial charge in [0.1, 0.15) is 6.54 Å². The Morgan fingerprint density at radius 3 is 2.45 bits per heavy atom. The zero-order valence-corrected chi connectivity index (χ0v) is 18.1. The lowest BCUT2D eigenvalue weighted by Crippen LogP contribution is -2.38. The SMILES string of the molecule is CCNC(=NCc1cc(C(CC)CC)no1)NCCc1ccc(S(N)(=O)=O)cc1.